The van der Waals surface area contributed by atoms with Crippen LogP contribution in [0, 0.1) is 16.0 Å². The molecule has 3 rings (SSSR count). The average molecular weight is 504 g/mol. The number of alkyl halides is 3. The summed E-state index contributed by atoms with van der Waals surface area (Å²) in [6, 6.07) is 2.25. The van der Waals surface area contributed by atoms with E-state index in [1.165, 1.54) is 17.3 Å². The second-order valence-electron chi connectivity index (χ2n) is 8.14. The van der Waals surface area contributed by atoms with Crippen molar-refractivity contribution in [3.63, 3.8) is 0 Å². The van der Waals surface area contributed by atoms with E-state index in [1.807, 2.05) is 6.92 Å². The number of hydrogen-bond acceptors (Lipinski definition) is 6. The van der Waals surface area contributed by atoms with Crippen molar-refractivity contribution in [2.75, 3.05) is 13.1 Å². The summed E-state index contributed by atoms with van der Waals surface area (Å²) in [4.78, 5) is 27.6. The number of likely N-dealkylation sites (tertiary alicyclic amines) is 1. The Bertz CT molecular complexity index is 1140. The van der Waals surface area contributed by atoms with Crippen LogP contribution in [0.1, 0.15) is 31.7 Å². The molecule has 1 N–H and O–H groups in total. The number of sulfonamides is 1. The van der Waals surface area contributed by atoms with Gasteiger partial charge in [-0.3, -0.25) is 4.79 Å². The highest BCUT2D eigenvalue weighted by Crippen LogP contribution is 2.34. The highest BCUT2D eigenvalue weighted by atomic mass is 32.2. The van der Waals surface area contributed by atoms with Gasteiger partial charge in [-0.1, -0.05) is 24.0 Å². The van der Waals surface area contributed by atoms with E-state index in [0.29, 0.717) is 37.9 Å². The van der Waals surface area contributed by atoms with Gasteiger partial charge in [0.1, 0.15) is 18.4 Å². The van der Waals surface area contributed by atoms with Crippen LogP contribution in [0.25, 0.3) is 0 Å². The number of halogens is 3. The lowest BCUT2D eigenvalue weighted by Gasteiger charge is -2.33. The van der Waals surface area contributed by atoms with E-state index in [4.69, 9.17) is 0 Å². The molecule has 1 saturated heterocycles. The molecule has 1 aliphatic rings. The summed E-state index contributed by atoms with van der Waals surface area (Å²) >= 11 is 0. The first-order chi connectivity index (χ1) is 15.9. The van der Waals surface area contributed by atoms with Gasteiger partial charge in [0, 0.05) is 19.5 Å². The fraction of sp³-hybridized carbons (Fsp3) is 0.500. The molecule has 0 radical (unpaired) electrons. The smallest absolute Gasteiger partial charge is 0.390 e. The van der Waals surface area contributed by atoms with E-state index in [1.54, 1.807) is 0 Å². The number of piperidine rings is 1. The maximum atomic E-state index is 13.4. The number of nitro groups is 1. The highest BCUT2D eigenvalue weighted by molar-refractivity contribution is 7.89. The lowest BCUT2D eigenvalue weighted by atomic mass is 9.98. The van der Waals surface area contributed by atoms with Crippen LogP contribution < -0.4 is 4.72 Å². The molecule has 1 atom stereocenters. The number of nitrogens with zero attached hydrogens (tertiary/aromatic N) is 4. The number of hydrogen-bond donors (Lipinski definition) is 1. The number of aryl methyl sites for hydroxylation is 1. The largest absolute Gasteiger partial charge is 0.434 e. The molecule has 1 amide bonds. The summed E-state index contributed by atoms with van der Waals surface area (Å²) in [7, 11) is -4.76. The van der Waals surface area contributed by atoms with Crippen LogP contribution >= 0.6 is 0 Å². The van der Waals surface area contributed by atoms with Crippen molar-refractivity contribution in [3.8, 4) is 0 Å². The van der Waals surface area contributed by atoms with Crippen LogP contribution in [0.3, 0.4) is 0 Å². The first-order valence-corrected chi connectivity index (χ1v) is 12.0. The third-order valence-corrected chi connectivity index (χ3v) is 7.22. The van der Waals surface area contributed by atoms with Crippen molar-refractivity contribution < 1.29 is 31.3 Å². The van der Waals surface area contributed by atoms with Gasteiger partial charge >= 0.3 is 12.1 Å². The van der Waals surface area contributed by atoms with Crippen molar-refractivity contribution in [3.05, 3.63) is 52.3 Å². The lowest BCUT2D eigenvalue weighted by molar-refractivity contribution is -0.396. The van der Waals surface area contributed by atoms with Crippen molar-refractivity contribution in [2.45, 2.75) is 49.8 Å². The Labute approximate surface area is 194 Å². The molecule has 1 unspecified atom stereocenters. The van der Waals surface area contributed by atoms with Crippen LogP contribution in [-0.4, -0.2) is 52.8 Å². The SMILES string of the molecule is CC1CCN(C(=O)C(CCn2ccnc2[N+](=O)[O-])NS(=O)(=O)c2ccccc2C(F)(F)F)CC1. The van der Waals surface area contributed by atoms with Crippen molar-refractivity contribution in [1.29, 1.82) is 0 Å². The molecule has 1 aromatic heterocycles. The molecule has 1 aromatic carbocycles. The minimum Gasteiger partial charge on any atom is -0.390 e. The van der Waals surface area contributed by atoms with E-state index < -0.39 is 49.5 Å². The van der Waals surface area contributed by atoms with Crippen molar-refractivity contribution >= 4 is 21.9 Å². The Morgan fingerprint density at radius 1 is 1.29 bits per heavy atom. The highest BCUT2D eigenvalue weighted by Gasteiger charge is 2.39. The van der Waals surface area contributed by atoms with Gasteiger partial charge in [0.2, 0.25) is 15.9 Å². The summed E-state index contributed by atoms with van der Waals surface area (Å²) < 4.78 is 69.5. The van der Waals surface area contributed by atoms with Crippen LogP contribution in [-0.2, 0) is 27.5 Å². The zero-order valence-electron chi connectivity index (χ0n) is 18.2. The number of benzene rings is 1. The zero-order chi connectivity index (χ0) is 25.1. The van der Waals surface area contributed by atoms with Crippen LogP contribution in [0.4, 0.5) is 19.1 Å². The first-order valence-electron chi connectivity index (χ1n) is 10.5. The van der Waals surface area contributed by atoms with Crippen molar-refractivity contribution in [1.82, 2.24) is 19.2 Å². The van der Waals surface area contributed by atoms with Gasteiger partial charge < -0.3 is 15.0 Å². The molecular weight excluding hydrogens is 479 g/mol. The molecule has 0 aliphatic carbocycles. The maximum absolute atomic E-state index is 13.4. The molecule has 0 saturated carbocycles. The molecule has 186 valence electrons. The second kappa shape index (κ2) is 10.1. The first kappa shape index (κ1) is 25.6. The molecule has 2 aromatic rings. The Hall–Kier alpha value is -3.00. The van der Waals surface area contributed by atoms with Gasteiger partial charge in [-0.25, -0.2) is 13.0 Å². The van der Waals surface area contributed by atoms with Crippen LogP contribution in [0.5, 0.6) is 0 Å². The van der Waals surface area contributed by atoms with Gasteiger partial charge in [-0.2, -0.15) is 17.9 Å². The molecule has 1 fully saturated rings. The normalized spacial score (nSPS) is 16.4. The monoisotopic (exact) mass is 503 g/mol. The van der Waals surface area contributed by atoms with E-state index in [9.17, 15) is 36.5 Å². The van der Waals surface area contributed by atoms with E-state index in [-0.39, 0.29) is 13.0 Å². The molecular formula is C20H24F3N5O5S. The molecule has 14 heteroatoms. The fourth-order valence-electron chi connectivity index (χ4n) is 3.78. The summed E-state index contributed by atoms with van der Waals surface area (Å²) in [5, 5.41) is 11.1. The molecule has 1 aliphatic heterocycles. The number of amides is 1. The van der Waals surface area contributed by atoms with Crippen molar-refractivity contribution in [2.24, 2.45) is 5.92 Å². The Morgan fingerprint density at radius 2 is 1.94 bits per heavy atom. The molecule has 0 spiro atoms. The Kier molecular flexibility index (Phi) is 7.60. The standard InChI is InChI=1S/C20H24F3N5O5S/c1-14-6-10-26(11-7-14)18(29)16(8-12-27-13-9-24-19(27)28(30)31)25-34(32,33)17-5-3-2-4-15(17)20(21,22)23/h2-5,9,13-14,16,25H,6-8,10-12H2,1H3. The predicted molar refractivity (Wildman–Crippen MR) is 114 cm³/mol. The minimum atomic E-state index is -4.93. The number of imidazole rings is 1. The number of carbonyl (C=O) groups is 1. The third kappa shape index (κ3) is 5.91. The summed E-state index contributed by atoms with van der Waals surface area (Å²) in [6.07, 6.45) is -1.26. The molecule has 0 bridgehead atoms. The number of rotatable bonds is 8. The summed E-state index contributed by atoms with van der Waals surface area (Å²) in [5.41, 5.74) is -1.36. The van der Waals surface area contributed by atoms with Gasteiger partial charge in [0.05, 0.1) is 17.0 Å². The molecule has 10 nitrogen and oxygen atoms in total. The van der Waals surface area contributed by atoms with Gasteiger partial charge in [0.15, 0.2) is 0 Å². The van der Waals surface area contributed by atoms with Crippen LogP contribution in [0.15, 0.2) is 41.6 Å². The number of aromatic nitrogens is 2. The lowest BCUT2D eigenvalue weighted by Crippen LogP contribution is -2.51. The fourth-order valence-corrected chi connectivity index (χ4v) is 5.24. The second-order valence-corrected chi connectivity index (χ2v) is 9.82. The quantitative estimate of drug-likeness (QED) is 0.436. The topological polar surface area (TPSA) is 127 Å². The maximum Gasteiger partial charge on any atom is 0.434 e. The Balaban J connectivity index is 1.89. The van der Waals surface area contributed by atoms with Crippen LogP contribution in [0.2, 0.25) is 0 Å². The minimum absolute atomic E-state index is 0.152. The number of nitrogens with one attached hydrogen (secondary N) is 1. The van der Waals surface area contributed by atoms with Gasteiger partial charge in [0.25, 0.3) is 0 Å². The average Bonchev–Trinajstić information content (AvgIpc) is 3.25. The van der Waals surface area contributed by atoms with Gasteiger partial charge in [-0.05, 0) is 35.8 Å². The zero-order valence-corrected chi connectivity index (χ0v) is 19.1. The predicted octanol–water partition coefficient (Wildman–Crippen LogP) is 2.81. The van der Waals surface area contributed by atoms with Gasteiger partial charge in [-0.15, -0.1) is 0 Å². The Morgan fingerprint density at radius 3 is 2.56 bits per heavy atom. The van der Waals surface area contributed by atoms with E-state index >= 15 is 0 Å². The number of carbonyl (C=O) groups excluding carboxylic acids is 1. The summed E-state index contributed by atoms with van der Waals surface area (Å²) in [5.74, 6) is -0.711. The third-order valence-electron chi connectivity index (χ3n) is 5.69. The summed E-state index contributed by atoms with van der Waals surface area (Å²) in [6.45, 7) is 2.62. The van der Waals surface area contributed by atoms with E-state index in [2.05, 4.69) is 9.71 Å². The van der Waals surface area contributed by atoms with E-state index in [0.717, 1.165) is 22.8 Å². The molecule has 34 heavy (non-hydrogen) atoms. The molecule has 2 heterocycles.